The molecule has 2 amide bonds. The molecule has 26 heavy (non-hydrogen) atoms. The van der Waals surface area contributed by atoms with Gasteiger partial charge in [0, 0.05) is 18.5 Å². The van der Waals surface area contributed by atoms with Gasteiger partial charge in [-0.25, -0.2) is 4.39 Å². The Balaban J connectivity index is 1.60. The summed E-state index contributed by atoms with van der Waals surface area (Å²) in [6.07, 6.45) is 7.58. The Bertz CT molecular complexity index is 643. The van der Waals surface area contributed by atoms with Crippen molar-refractivity contribution in [1.82, 2.24) is 10.2 Å². The average molecular weight is 360 g/mol. The van der Waals surface area contributed by atoms with Crippen molar-refractivity contribution in [1.29, 1.82) is 0 Å². The fourth-order valence-corrected chi connectivity index (χ4v) is 4.21. The molecule has 1 unspecified atom stereocenters. The van der Waals surface area contributed by atoms with Crippen LogP contribution in [-0.2, 0) is 16.0 Å². The summed E-state index contributed by atoms with van der Waals surface area (Å²) < 4.78 is 13.9. The Morgan fingerprint density at radius 1 is 1.15 bits per heavy atom. The molecular weight excluding hydrogens is 331 g/mol. The second-order valence-electron chi connectivity index (χ2n) is 7.73. The van der Waals surface area contributed by atoms with Gasteiger partial charge in [-0.15, -0.1) is 0 Å². The molecule has 1 saturated carbocycles. The topological polar surface area (TPSA) is 49.4 Å². The van der Waals surface area contributed by atoms with Crippen molar-refractivity contribution >= 4 is 11.8 Å². The third-order valence-electron chi connectivity index (χ3n) is 5.70. The minimum Gasteiger partial charge on any atom is -0.352 e. The van der Waals surface area contributed by atoms with E-state index in [4.69, 9.17) is 0 Å². The number of hydrogen-bond acceptors (Lipinski definition) is 2. The van der Waals surface area contributed by atoms with Crippen LogP contribution < -0.4 is 5.32 Å². The normalized spacial score (nSPS) is 22.2. The molecule has 3 rings (SSSR count). The summed E-state index contributed by atoms with van der Waals surface area (Å²) in [5, 5.41) is 3.15. The molecule has 4 nitrogen and oxygen atoms in total. The van der Waals surface area contributed by atoms with E-state index >= 15 is 0 Å². The highest BCUT2D eigenvalue weighted by atomic mass is 19.1. The number of carbonyl (C=O) groups is 2. The van der Waals surface area contributed by atoms with Crippen LogP contribution in [0.1, 0.15) is 57.4 Å². The maximum absolute atomic E-state index is 13.9. The van der Waals surface area contributed by atoms with E-state index in [1.807, 2.05) is 6.92 Å². The van der Waals surface area contributed by atoms with Crippen LogP contribution in [0.4, 0.5) is 4.39 Å². The first-order valence-electron chi connectivity index (χ1n) is 9.90. The van der Waals surface area contributed by atoms with Crippen molar-refractivity contribution in [3.05, 3.63) is 35.6 Å². The largest absolute Gasteiger partial charge is 0.352 e. The van der Waals surface area contributed by atoms with Gasteiger partial charge in [0.2, 0.25) is 11.8 Å². The Labute approximate surface area is 155 Å². The molecule has 0 spiro atoms. The molecule has 5 heteroatoms. The monoisotopic (exact) mass is 360 g/mol. The van der Waals surface area contributed by atoms with Gasteiger partial charge in [-0.05, 0) is 43.7 Å². The summed E-state index contributed by atoms with van der Waals surface area (Å²) in [6, 6.07) is 6.46. The van der Waals surface area contributed by atoms with Crippen LogP contribution in [0, 0.1) is 11.7 Å². The Morgan fingerprint density at radius 3 is 2.62 bits per heavy atom. The first-order valence-corrected chi connectivity index (χ1v) is 9.90. The number of nitrogens with one attached hydrogen (secondary N) is 1. The van der Waals surface area contributed by atoms with Crippen molar-refractivity contribution in [2.45, 2.75) is 70.4 Å². The van der Waals surface area contributed by atoms with E-state index in [2.05, 4.69) is 5.32 Å². The first-order chi connectivity index (χ1) is 12.6. The minimum absolute atomic E-state index is 0.0131. The van der Waals surface area contributed by atoms with E-state index in [0.717, 1.165) is 38.5 Å². The number of hydrogen-bond donors (Lipinski definition) is 1. The van der Waals surface area contributed by atoms with E-state index in [9.17, 15) is 14.0 Å². The lowest BCUT2D eigenvalue weighted by atomic mass is 9.95. The molecule has 1 aliphatic heterocycles. The van der Waals surface area contributed by atoms with Gasteiger partial charge < -0.3 is 10.2 Å². The van der Waals surface area contributed by atoms with E-state index < -0.39 is 0 Å². The molecule has 1 heterocycles. The zero-order chi connectivity index (χ0) is 18.5. The van der Waals surface area contributed by atoms with E-state index in [1.165, 1.54) is 12.5 Å². The van der Waals surface area contributed by atoms with Crippen LogP contribution in [0.5, 0.6) is 0 Å². The predicted octanol–water partition coefficient (Wildman–Crippen LogP) is 3.44. The SMILES string of the molecule is CC(Cc1ccccc1F)C(=O)N1CCC[C@H]1C(=O)NC1CCCCC1. The lowest BCUT2D eigenvalue weighted by molar-refractivity contribution is -0.141. The maximum atomic E-state index is 13.9. The molecule has 1 aromatic carbocycles. The second kappa shape index (κ2) is 8.65. The fraction of sp³-hybridized carbons (Fsp3) is 0.619. The molecule has 0 bridgehead atoms. The third kappa shape index (κ3) is 4.43. The fourth-order valence-electron chi connectivity index (χ4n) is 4.21. The summed E-state index contributed by atoms with van der Waals surface area (Å²) in [5.41, 5.74) is 0.552. The van der Waals surface area contributed by atoms with Gasteiger partial charge in [0.05, 0.1) is 0 Å². The summed E-state index contributed by atoms with van der Waals surface area (Å²) >= 11 is 0. The second-order valence-corrected chi connectivity index (χ2v) is 7.73. The maximum Gasteiger partial charge on any atom is 0.243 e. The van der Waals surface area contributed by atoms with E-state index in [-0.39, 0.29) is 35.6 Å². The van der Waals surface area contributed by atoms with Gasteiger partial charge in [-0.1, -0.05) is 44.4 Å². The molecule has 1 saturated heterocycles. The third-order valence-corrected chi connectivity index (χ3v) is 5.70. The molecule has 142 valence electrons. The molecule has 2 aliphatic rings. The number of carbonyl (C=O) groups excluding carboxylic acids is 2. The smallest absolute Gasteiger partial charge is 0.243 e. The van der Waals surface area contributed by atoms with Gasteiger partial charge in [0.25, 0.3) is 0 Å². The number of nitrogens with zero attached hydrogens (tertiary/aromatic N) is 1. The minimum atomic E-state index is -0.368. The molecule has 0 aromatic heterocycles. The van der Waals surface area contributed by atoms with E-state index in [1.54, 1.807) is 23.1 Å². The zero-order valence-electron chi connectivity index (χ0n) is 15.5. The van der Waals surface area contributed by atoms with Gasteiger partial charge in [-0.3, -0.25) is 9.59 Å². The molecule has 2 fully saturated rings. The number of benzene rings is 1. The highest BCUT2D eigenvalue weighted by Crippen LogP contribution is 2.24. The van der Waals surface area contributed by atoms with Crippen molar-refractivity contribution in [2.75, 3.05) is 6.54 Å². The lowest BCUT2D eigenvalue weighted by Crippen LogP contribution is -2.50. The molecule has 1 aliphatic carbocycles. The van der Waals surface area contributed by atoms with Crippen LogP contribution >= 0.6 is 0 Å². The van der Waals surface area contributed by atoms with Gasteiger partial charge >= 0.3 is 0 Å². The summed E-state index contributed by atoms with van der Waals surface area (Å²) in [4.78, 5) is 27.3. The molecule has 1 aromatic rings. The lowest BCUT2D eigenvalue weighted by Gasteiger charge is -2.29. The molecule has 0 radical (unpaired) electrons. The highest BCUT2D eigenvalue weighted by molar-refractivity contribution is 5.89. The van der Waals surface area contributed by atoms with Crippen LogP contribution in [-0.4, -0.2) is 35.3 Å². The molecule has 2 atom stereocenters. The highest BCUT2D eigenvalue weighted by Gasteiger charge is 2.36. The summed E-state index contributed by atoms with van der Waals surface area (Å²) in [5.74, 6) is -0.675. The van der Waals surface area contributed by atoms with Gasteiger partial charge in [0.15, 0.2) is 0 Å². The van der Waals surface area contributed by atoms with Crippen molar-refractivity contribution in [2.24, 2.45) is 5.92 Å². The average Bonchev–Trinajstić information content (AvgIpc) is 3.13. The van der Waals surface area contributed by atoms with Crippen molar-refractivity contribution < 1.29 is 14.0 Å². The number of amides is 2. The first kappa shape index (κ1) is 18.9. The van der Waals surface area contributed by atoms with Crippen LogP contribution in [0.25, 0.3) is 0 Å². The number of rotatable bonds is 5. The summed E-state index contributed by atoms with van der Waals surface area (Å²) in [7, 11) is 0. The Morgan fingerprint density at radius 2 is 1.88 bits per heavy atom. The Hall–Kier alpha value is -1.91. The summed E-state index contributed by atoms with van der Waals surface area (Å²) in [6.45, 7) is 2.44. The quantitative estimate of drug-likeness (QED) is 0.874. The van der Waals surface area contributed by atoms with Crippen LogP contribution in [0.2, 0.25) is 0 Å². The van der Waals surface area contributed by atoms with Crippen molar-refractivity contribution in [3.8, 4) is 0 Å². The standard InChI is InChI=1S/C21H29FN2O2/c1-15(14-16-8-5-6-11-18(16)22)21(26)24-13-7-12-19(24)20(25)23-17-9-3-2-4-10-17/h5-6,8,11,15,17,19H,2-4,7,9-10,12-14H2,1H3,(H,23,25)/t15?,19-/m0/s1. The van der Waals surface area contributed by atoms with Crippen LogP contribution in [0.3, 0.4) is 0 Å². The Kier molecular flexibility index (Phi) is 6.28. The number of halogens is 1. The number of likely N-dealkylation sites (tertiary alicyclic amines) is 1. The van der Waals surface area contributed by atoms with Gasteiger partial charge in [-0.2, -0.15) is 0 Å². The molecule has 1 N–H and O–H groups in total. The van der Waals surface area contributed by atoms with Gasteiger partial charge in [0.1, 0.15) is 11.9 Å². The van der Waals surface area contributed by atoms with E-state index in [0.29, 0.717) is 18.5 Å². The zero-order valence-corrected chi connectivity index (χ0v) is 15.5. The molecular formula is C21H29FN2O2. The van der Waals surface area contributed by atoms with Crippen LogP contribution in [0.15, 0.2) is 24.3 Å². The predicted molar refractivity (Wildman–Crippen MR) is 99.0 cm³/mol. The van der Waals surface area contributed by atoms with Crippen molar-refractivity contribution in [3.63, 3.8) is 0 Å².